The fraction of sp³-hybridized carbons (Fsp3) is 0.583. The van der Waals surface area contributed by atoms with E-state index < -0.39 is 6.03 Å². The Morgan fingerprint density at radius 1 is 1.03 bits per heavy atom. The van der Waals surface area contributed by atoms with Gasteiger partial charge in [-0.15, -0.1) is 0 Å². The van der Waals surface area contributed by atoms with Crippen molar-refractivity contribution in [3.63, 3.8) is 0 Å². The van der Waals surface area contributed by atoms with Gasteiger partial charge in [-0.25, -0.2) is 4.79 Å². The standard InChI is InChI=1S/C24H33N5O5/c1-16-2-3-19(14-20(16)29-13-8-21(30)26-24(29)33)34-15-22(31)27-9-4-17(5-10-27)23(32)28-11-6-18(25)7-12-28/h2-3,14,17-18H,4-13,15,25H2,1H3,(H,26,30,33). The van der Waals surface area contributed by atoms with E-state index in [1.54, 1.807) is 17.0 Å². The average molecular weight is 472 g/mol. The van der Waals surface area contributed by atoms with E-state index in [4.69, 9.17) is 10.5 Å². The molecular weight excluding hydrogens is 438 g/mol. The fourth-order valence-electron chi connectivity index (χ4n) is 4.75. The summed E-state index contributed by atoms with van der Waals surface area (Å²) in [5.41, 5.74) is 7.45. The topological polar surface area (TPSA) is 125 Å². The molecule has 3 heterocycles. The molecule has 0 spiro atoms. The van der Waals surface area contributed by atoms with Gasteiger partial charge in [0.05, 0.1) is 5.69 Å². The monoisotopic (exact) mass is 471 g/mol. The highest BCUT2D eigenvalue weighted by molar-refractivity contribution is 6.06. The van der Waals surface area contributed by atoms with Gasteiger partial charge in [-0.1, -0.05) is 6.07 Å². The molecule has 1 aromatic rings. The molecule has 0 radical (unpaired) electrons. The zero-order valence-electron chi connectivity index (χ0n) is 19.6. The van der Waals surface area contributed by atoms with Gasteiger partial charge in [0, 0.05) is 57.2 Å². The lowest BCUT2D eigenvalue weighted by Crippen LogP contribution is -2.49. The van der Waals surface area contributed by atoms with Crippen molar-refractivity contribution in [2.45, 2.75) is 45.1 Å². The summed E-state index contributed by atoms with van der Waals surface area (Å²) in [5.74, 6) is 0.209. The summed E-state index contributed by atoms with van der Waals surface area (Å²) in [5, 5.41) is 2.32. The molecule has 10 nitrogen and oxygen atoms in total. The number of nitrogens with one attached hydrogen (secondary N) is 1. The third-order valence-corrected chi connectivity index (χ3v) is 6.94. The van der Waals surface area contributed by atoms with Crippen LogP contribution in [0.3, 0.4) is 0 Å². The van der Waals surface area contributed by atoms with Crippen molar-refractivity contribution in [2.75, 3.05) is 44.2 Å². The lowest BCUT2D eigenvalue weighted by molar-refractivity contribution is -0.142. The SMILES string of the molecule is Cc1ccc(OCC(=O)N2CCC(C(=O)N3CCC(N)CC3)CC2)cc1N1CCC(=O)NC1=O. The number of hydrogen-bond donors (Lipinski definition) is 2. The molecule has 0 bridgehead atoms. The predicted octanol–water partition coefficient (Wildman–Crippen LogP) is 1.01. The number of hydrogen-bond acceptors (Lipinski definition) is 6. The number of piperidine rings is 2. The summed E-state index contributed by atoms with van der Waals surface area (Å²) < 4.78 is 5.74. The molecule has 0 saturated carbocycles. The second-order valence-electron chi connectivity index (χ2n) is 9.31. The van der Waals surface area contributed by atoms with Crippen LogP contribution in [0.5, 0.6) is 5.75 Å². The van der Waals surface area contributed by atoms with Gasteiger partial charge >= 0.3 is 6.03 Å². The van der Waals surface area contributed by atoms with Gasteiger partial charge in [-0.2, -0.15) is 0 Å². The van der Waals surface area contributed by atoms with Crippen LogP contribution in [-0.4, -0.2) is 78.9 Å². The Bertz CT molecular complexity index is 951. The fourth-order valence-corrected chi connectivity index (χ4v) is 4.75. The highest BCUT2D eigenvalue weighted by atomic mass is 16.5. The van der Waals surface area contributed by atoms with Crippen LogP contribution in [0.25, 0.3) is 0 Å². The molecule has 0 aromatic heterocycles. The van der Waals surface area contributed by atoms with Crippen LogP contribution < -0.4 is 20.7 Å². The zero-order chi connectivity index (χ0) is 24.2. The number of benzene rings is 1. The van der Waals surface area contributed by atoms with Gasteiger partial charge in [0.15, 0.2) is 6.61 Å². The lowest BCUT2D eigenvalue weighted by atomic mass is 9.94. The number of urea groups is 1. The highest BCUT2D eigenvalue weighted by Crippen LogP contribution is 2.27. The van der Waals surface area contributed by atoms with Crippen LogP contribution >= 0.6 is 0 Å². The second kappa shape index (κ2) is 10.4. The molecule has 3 N–H and O–H groups in total. The lowest BCUT2D eigenvalue weighted by Gasteiger charge is -2.36. The van der Waals surface area contributed by atoms with Crippen molar-refractivity contribution in [3.8, 4) is 5.75 Å². The number of likely N-dealkylation sites (tertiary alicyclic amines) is 2. The van der Waals surface area contributed by atoms with Gasteiger partial charge in [-0.3, -0.25) is 24.6 Å². The number of carbonyl (C=O) groups excluding carboxylic acids is 4. The van der Waals surface area contributed by atoms with Gasteiger partial charge in [0.1, 0.15) is 5.75 Å². The molecule has 0 atom stereocenters. The van der Waals surface area contributed by atoms with Crippen molar-refractivity contribution in [1.29, 1.82) is 0 Å². The Hall–Kier alpha value is -3.14. The molecule has 0 aliphatic carbocycles. The van der Waals surface area contributed by atoms with E-state index in [9.17, 15) is 19.2 Å². The maximum Gasteiger partial charge on any atom is 0.328 e. The second-order valence-corrected chi connectivity index (χ2v) is 9.31. The molecule has 3 fully saturated rings. The zero-order valence-corrected chi connectivity index (χ0v) is 19.6. The minimum absolute atomic E-state index is 0.0403. The van der Waals surface area contributed by atoms with Gasteiger partial charge in [0.25, 0.3) is 5.91 Å². The largest absolute Gasteiger partial charge is 0.484 e. The summed E-state index contributed by atoms with van der Waals surface area (Å²) in [4.78, 5) is 54.3. The first-order valence-corrected chi connectivity index (χ1v) is 12.0. The molecule has 3 aliphatic heterocycles. The first kappa shape index (κ1) is 24.0. The quantitative estimate of drug-likeness (QED) is 0.660. The van der Waals surface area contributed by atoms with Crippen LogP contribution in [-0.2, 0) is 14.4 Å². The molecule has 184 valence electrons. The molecule has 4 rings (SSSR count). The number of amides is 5. The minimum Gasteiger partial charge on any atom is -0.484 e. The van der Waals surface area contributed by atoms with E-state index in [2.05, 4.69) is 5.32 Å². The van der Waals surface area contributed by atoms with E-state index in [1.807, 2.05) is 17.9 Å². The summed E-state index contributed by atoms with van der Waals surface area (Å²) >= 11 is 0. The molecule has 1 aromatic carbocycles. The number of carbonyl (C=O) groups is 4. The Kier molecular flexibility index (Phi) is 7.35. The highest BCUT2D eigenvalue weighted by Gasteiger charge is 2.32. The van der Waals surface area contributed by atoms with Crippen LogP contribution in [0.15, 0.2) is 18.2 Å². The first-order valence-electron chi connectivity index (χ1n) is 12.0. The summed E-state index contributed by atoms with van der Waals surface area (Å²) in [6.45, 7) is 4.57. The van der Waals surface area contributed by atoms with Crippen LogP contribution in [0.4, 0.5) is 10.5 Å². The summed E-state index contributed by atoms with van der Waals surface area (Å²) in [6.07, 6.45) is 3.25. The van der Waals surface area contributed by atoms with Crippen LogP contribution in [0, 0.1) is 12.8 Å². The Morgan fingerprint density at radius 2 is 1.71 bits per heavy atom. The maximum absolute atomic E-state index is 12.8. The van der Waals surface area contributed by atoms with Gasteiger partial charge < -0.3 is 20.3 Å². The number of nitrogens with zero attached hydrogens (tertiary/aromatic N) is 3. The van der Waals surface area contributed by atoms with Crippen LogP contribution in [0.2, 0.25) is 0 Å². The molecular formula is C24H33N5O5. The van der Waals surface area contributed by atoms with E-state index in [-0.39, 0.29) is 42.7 Å². The number of nitrogens with two attached hydrogens (primary N) is 1. The number of anilines is 1. The molecule has 5 amide bonds. The molecule has 0 unspecified atom stereocenters. The summed E-state index contributed by atoms with van der Waals surface area (Å²) in [6, 6.07) is 5.03. The molecule has 10 heteroatoms. The van der Waals surface area contributed by atoms with Crippen molar-refractivity contribution >= 4 is 29.4 Å². The minimum atomic E-state index is -0.461. The van der Waals surface area contributed by atoms with E-state index in [0.717, 1.165) is 31.5 Å². The Morgan fingerprint density at radius 3 is 2.38 bits per heavy atom. The van der Waals surface area contributed by atoms with E-state index in [0.29, 0.717) is 43.9 Å². The van der Waals surface area contributed by atoms with Crippen molar-refractivity contribution in [2.24, 2.45) is 11.7 Å². The molecule has 3 saturated heterocycles. The van der Waals surface area contributed by atoms with Gasteiger partial charge in [-0.05, 0) is 44.2 Å². The van der Waals surface area contributed by atoms with E-state index >= 15 is 0 Å². The van der Waals surface area contributed by atoms with Crippen molar-refractivity contribution in [3.05, 3.63) is 23.8 Å². The number of imide groups is 1. The normalized spacial score (nSPS) is 20.4. The van der Waals surface area contributed by atoms with Crippen LogP contribution in [0.1, 0.15) is 37.7 Å². The van der Waals surface area contributed by atoms with Crippen molar-refractivity contribution < 1.29 is 23.9 Å². The van der Waals surface area contributed by atoms with E-state index in [1.165, 1.54) is 4.90 Å². The molecule has 34 heavy (non-hydrogen) atoms. The van der Waals surface area contributed by atoms with Crippen molar-refractivity contribution in [1.82, 2.24) is 15.1 Å². The predicted molar refractivity (Wildman–Crippen MR) is 125 cm³/mol. The average Bonchev–Trinajstić information content (AvgIpc) is 2.84. The number of rotatable bonds is 5. The number of aryl methyl sites for hydroxylation is 1. The Labute approximate surface area is 199 Å². The Balaban J connectivity index is 1.27. The summed E-state index contributed by atoms with van der Waals surface area (Å²) in [7, 11) is 0. The third kappa shape index (κ3) is 5.49. The maximum atomic E-state index is 12.8. The third-order valence-electron chi connectivity index (χ3n) is 6.94. The first-order chi connectivity index (χ1) is 16.3. The number of ether oxygens (including phenoxy) is 1. The van der Waals surface area contributed by atoms with Gasteiger partial charge in [0.2, 0.25) is 11.8 Å². The molecule has 3 aliphatic rings. The smallest absolute Gasteiger partial charge is 0.328 e.